The summed E-state index contributed by atoms with van der Waals surface area (Å²) in [4.78, 5) is 18.1. The number of methoxy groups -OCH3 is 1. The van der Waals surface area contributed by atoms with Crippen molar-refractivity contribution in [1.82, 2.24) is 15.2 Å². The summed E-state index contributed by atoms with van der Waals surface area (Å²) in [6.07, 6.45) is 2.73. The lowest BCUT2D eigenvalue weighted by Gasteiger charge is -2.36. The average molecular weight is 287 g/mol. The first-order valence-corrected chi connectivity index (χ1v) is 6.83. The van der Waals surface area contributed by atoms with Gasteiger partial charge in [-0.1, -0.05) is 12.1 Å². The molecule has 2 heterocycles. The lowest BCUT2D eigenvalue weighted by Crippen LogP contribution is -2.48. The number of amides is 1. The Bertz CT molecular complexity index is 595. The molecule has 1 saturated heterocycles. The minimum absolute atomic E-state index is 0.0257. The number of piperazine rings is 1. The summed E-state index contributed by atoms with van der Waals surface area (Å²) in [5.74, 6) is 0.945. The lowest BCUT2D eigenvalue weighted by atomic mass is 10.0. The van der Waals surface area contributed by atoms with Crippen LogP contribution >= 0.6 is 0 Å². The first-order valence-electron chi connectivity index (χ1n) is 6.83. The van der Waals surface area contributed by atoms with Gasteiger partial charge in [0.2, 0.25) is 5.76 Å². The molecule has 1 amide bonds. The van der Waals surface area contributed by atoms with E-state index in [2.05, 4.69) is 10.3 Å². The van der Waals surface area contributed by atoms with Crippen LogP contribution in [-0.2, 0) is 0 Å². The maximum absolute atomic E-state index is 12.5. The summed E-state index contributed by atoms with van der Waals surface area (Å²) in [6, 6.07) is 7.75. The van der Waals surface area contributed by atoms with Gasteiger partial charge in [-0.3, -0.25) is 4.79 Å². The fourth-order valence-electron chi connectivity index (χ4n) is 2.53. The highest BCUT2D eigenvalue weighted by Gasteiger charge is 2.30. The zero-order valence-corrected chi connectivity index (χ0v) is 11.8. The van der Waals surface area contributed by atoms with E-state index in [0.717, 1.165) is 17.9 Å². The van der Waals surface area contributed by atoms with Gasteiger partial charge in [-0.25, -0.2) is 4.98 Å². The van der Waals surface area contributed by atoms with Gasteiger partial charge in [0.1, 0.15) is 5.75 Å². The van der Waals surface area contributed by atoms with E-state index in [1.54, 1.807) is 7.11 Å². The minimum atomic E-state index is -0.130. The number of hydrogen-bond donors (Lipinski definition) is 1. The molecule has 0 bridgehead atoms. The first-order chi connectivity index (χ1) is 10.3. The predicted octanol–water partition coefficient (Wildman–Crippen LogP) is 1.47. The van der Waals surface area contributed by atoms with Crippen molar-refractivity contribution in [3.05, 3.63) is 48.2 Å². The fraction of sp³-hybridized carbons (Fsp3) is 0.333. The zero-order valence-electron chi connectivity index (χ0n) is 11.8. The van der Waals surface area contributed by atoms with Crippen LogP contribution in [0.3, 0.4) is 0 Å². The molecule has 1 N–H and O–H groups in total. The molecule has 2 aromatic rings. The van der Waals surface area contributed by atoms with Gasteiger partial charge in [-0.15, -0.1) is 0 Å². The third-order valence-corrected chi connectivity index (χ3v) is 3.65. The zero-order chi connectivity index (χ0) is 14.7. The van der Waals surface area contributed by atoms with E-state index in [0.29, 0.717) is 13.1 Å². The van der Waals surface area contributed by atoms with E-state index in [-0.39, 0.29) is 17.7 Å². The van der Waals surface area contributed by atoms with Crippen LogP contribution in [0.1, 0.15) is 22.2 Å². The van der Waals surface area contributed by atoms with Gasteiger partial charge in [0.15, 0.2) is 6.39 Å². The van der Waals surface area contributed by atoms with E-state index in [4.69, 9.17) is 9.15 Å². The van der Waals surface area contributed by atoms with Gasteiger partial charge >= 0.3 is 0 Å². The quantitative estimate of drug-likeness (QED) is 0.926. The van der Waals surface area contributed by atoms with Crippen molar-refractivity contribution in [3.8, 4) is 5.75 Å². The number of benzene rings is 1. The largest absolute Gasteiger partial charge is 0.497 e. The molecule has 0 radical (unpaired) electrons. The molecular formula is C15H17N3O3. The summed E-state index contributed by atoms with van der Waals surface area (Å²) < 4.78 is 10.3. The van der Waals surface area contributed by atoms with Crippen LogP contribution in [0.2, 0.25) is 0 Å². The number of hydrogen-bond acceptors (Lipinski definition) is 5. The van der Waals surface area contributed by atoms with Gasteiger partial charge in [0.05, 0.1) is 19.3 Å². The number of nitrogens with zero attached hydrogens (tertiary/aromatic N) is 2. The van der Waals surface area contributed by atoms with E-state index in [1.807, 2.05) is 29.2 Å². The molecule has 0 aliphatic carbocycles. The van der Waals surface area contributed by atoms with Crippen LogP contribution in [0.15, 0.2) is 41.3 Å². The molecule has 1 fully saturated rings. The Kier molecular flexibility index (Phi) is 3.87. The van der Waals surface area contributed by atoms with Gasteiger partial charge in [-0.2, -0.15) is 0 Å². The third-order valence-electron chi connectivity index (χ3n) is 3.65. The predicted molar refractivity (Wildman–Crippen MR) is 76.1 cm³/mol. The third kappa shape index (κ3) is 2.75. The Labute approximate surface area is 122 Å². The molecule has 0 unspecified atom stereocenters. The summed E-state index contributed by atoms with van der Waals surface area (Å²) >= 11 is 0. The maximum Gasteiger partial charge on any atom is 0.291 e. The monoisotopic (exact) mass is 287 g/mol. The molecular weight excluding hydrogens is 270 g/mol. The number of oxazole rings is 1. The molecule has 110 valence electrons. The summed E-state index contributed by atoms with van der Waals surface area (Å²) in [6.45, 7) is 2.12. The second-order valence-electron chi connectivity index (χ2n) is 4.86. The minimum Gasteiger partial charge on any atom is -0.497 e. The highest BCUT2D eigenvalue weighted by molar-refractivity contribution is 5.91. The Morgan fingerprint density at radius 2 is 2.24 bits per heavy atom. The Morgan fingerprint density at radius 3 is 2.90 bits per heavy atom. The Hall–Kier alpha value is -2.34. The van der Waals surface area contributed by atoms with Crippen molar-refractivity contribution in [2.45, 2.75) is 6.04 Å². The van der Waals surface area contributed by atoms with Crippen molar-refractivity contribution in [1.29, 1.82) is 0 Å². The number of ether oxygens (including phenoxy) is 1. The molecule has 1 aliphatic rings. The van der Waals surface area contributed by atoms with Crippen LogP contribution in [0.5, 0.6) is 5.75 Å². The van der Waals surface area contributed by atoms with Crippen LogP contribution in [0.4, 0.5) is 0 Å². The van der Waals surface area contributed by atoms with Crippen molar-refractivity contribution in [2.75, 3.05) is 26.7 Å². The van der Waals surface area contributed by atoms with E-state index >= 15 is 0 Å². The molecule has 0 spiro atoms. The smallest absolute Gasteiger partial charge is 0.291 e. The maximum atomic E-state index is 12.5. The molecule has 0 saturated carbocycles. The van der Waals surface area contributed by atoms with Crippen molar-refractivity contribution in [3.63, 3.8) is 0 Å². The van der Waals surface area contributed by atoms with Crippen LogP contribution in [0, 0.1) is 0 Å². The van der Waals surface area contributed by atoms with Crippen molar-refractivity contribution in [2.24, 2.45) is 0 Å². The number of rotatable bonds is 3. The SMILES string of the molecule is COc1ccc([C@H]2CNCCN2C(=O)c2cnco2)cc1. The van der Waals surface area contributed by atoms with Crippen LogP contribution < -0.4 is 10.1 Å². The van der Waals surface area contributed by atoms with Gasteiger partial charge in [0.25, 0.3) is 5.91 Å². The molecule has 1 atom stereocenters. The molecule has 1 aromatic heterocycles. The molecule has 1 aliphatic heterocycles. The van der Waals surface area contributed by atoms with E-state index < -0.39 is 0 Å². The average Bonchev–Trinajstić information content (AvgIpc) is 3.09. The van der Waals surface area contributed by atoms with Gasteiger partial charge in [0, 0.05) is 19.6 Å². The highest BCUT2D eigenvalue weighted by Crippen LogP contribution is 2.25. The normalized spacial score (nSPS) is 18.5. The van der Waals surface area contributed by atoms with E-state index in [9.17, 15) is 4.79 Å². The summed E-state index contributed by atoms with van der Waals surface area (Å²) in [7, 11) is 1.64. The molecule has 6 nitrogen and oxygen atoms in total. The highest BCUT2D eigenvalue weighted by atomic mass is 16.5. The number of nitrogens with one attached hydrogen (secondary N) is 1. The molecule has 1 aromatic carbocycles. The number of aromatic nitrogens is 1. The first kappa shape index (κ1) is 13.6. The lowest BCUT2D eigenvalue weighted by molar-refractivity contribution is 0.0601. The molecule has 6 heteroatoms. The van der Waals surface area contributed by atoms with Gasteiger partial charge in [-0.05, 0) is 17.7 Å². The second kappa shape index (κ2) is 5.97. The molecule has 3 rings (SSSR count). The fourth-order valence-corrected chi connectivity index (χ4v) is 2.53. The van der Waals surface area contributed by atoms with Gasteiger partial charge < -0.3 is 19.4 Å². The summed E-state index contributed by atoms with van der Waals surface area (Å²) in [5.41, 5.74) is 1.07. The van der Waals surface area contributed by atoms with Crippen LogP contribution in [0.25, 0.3) is 0 Å². The molecule has 21 heavy (non-hydrogen) atoms. The topological polar surface area (TPSA) is 67.6 Å². The van der Waals surface area contributed by atoms with Crippen molar-refractivity contribution < 1.29 is 13.9 Å². The second-order valence-corrected chi connectivity index (χ2v) is 4.86. The summed E-state index contributed by atoms with van der Waals surface area (Å²) in [5, 5.41) is 3.32. The number of carbonyl (C=O) groups excluding carboxylic acids is 1. The number of carbonyl (C=O) groups is 1. The Balaban J connectivity index is 1.85. The van der Waals surface area contributed by atoms with Crippen molar-refractivity contribution >= 4 is 5.91 Å². The standard InChI is InChI=1S/C15H17N3O3/c1-20-12-4-2-11(3-5-12)13-8-16-6-7-18(13)15(19)14-9-17-10-21-14/h2-5,9-10,13,16H,6-8H2,1H3/t13-/m1/s1. The van der Waals surface area contributed by atoms with E-state index in [1.165, 1.54) is 12.6 Å². The Morgan fingerprint density at radius 1 is 1.43 bits per heavy atom. The van der Waals surface area contributed by atoms with Crippen LogP contribution in [-0.4, -0.2) is 42.5 Å².